The van der Waals surface area contributed by atoms with Gasteiger partial charge < -0.3 is 15.1 Å². The van der Waals surface area contributed by atoms with Crippen molar-refractivity contribution < 1.29 is 4.42 Å². The number of nitrogens with one attached hydrogen (secondary N) is 2. The molecule has 162 valence electrons. The van der Waals surface area contributed by atoms with E-state index in [0.29, 0.717) is 5.92 Å². The minimum Gasteiger partial charge on any atom is -0.468 e. The number of halogens is 1. The molecule has 0 saturated carbocycles. The van der Waals surface area contributed by atoms with Gasteiger partial charge in [-0.2, -0.15) is 5.10 Å². The second-order valence-corrected chi connectivity index (χ2v) is 7.56. The highest BCUT2D eigenvalue weighted by molar-refractivity contribution is 14.0. The molecule has 8 heteroatoms. The lowest BCUT2D eigenvalue weighted by Crippen LogP contribution is -2.44. The Morgan fingerprint density at radius 3 is 2.72 bits per heavy atom. The lowest BCUT2D eigenvalue weighted by Gasteiger charge is -2.33. The van der Waals surface area contributed by atoms with E-state index in [-0.39, 0.29) is 30.0 Å². The first-order valence-corrected chi connectivity index (χ1v) is 10.5. The van der Waals surface area contributed by atoms with Gasteiger partial charge in [0.05, 0.1) is 12.3 Å². The zero-order valence-corrected chi connectivity index (χ0v) is 19.9. The van der Waals surface area contributed by atoms with Gasteiger partial charge in [0, 0.05) is 38.6 Å². The number of piperidine rings is 1. The van der Waals surface area contributed by atoms with Crippen LogP contribution in [0.5, 0.6) is 0 Å². The quantitative estimate of drug-likeness (QED) is 0.305. The number of guanidine groups is 1. The summed E-state index contributed by atoms with van der Waals surface area (Å²) in [7, 11) is 0. The molecule has 2 aromatic rings. The van der Waals surface area contributed by atoms with Crippen molar-refractivity contribution in [3.8, 4) is 0 Å². The van der Waals surface area contributed by atoms with E-state index in [1.165, 1.54) is 19.3 Å². The average molecular weight is 514 g/mol. The Labute approximate surface area is 191 Å². The number of hydrogen-bond donors (Lipinski definition) is 2. The molecule has 2 unspecified atom stereocenters. The predicted octanol–water partition coefficient (Wildman–Crippen LogP) is 3.51. The topological polar surface area (TPSA) is 70.6 Å². The molecule has 2 atom stereocenters. The molecule has 2 N–H and O–H groups in total. The van der Waals surface area contributed by atoms with E-state index in [2.05, 4.69) is 40.5 Å². The molecular formula is C21H35IN6O. The largest absolute Gasteiger partial charge is 0.468 e. The first kappa shape index (κ1) is 23.7. The van der Waals surface area contributed by atoms with Crippen LogP contribution in [0, 0.1) is 5.92 Å². The Morgan fingerprint density at radius 2 is 2.07 bits per heavy atom. The van der Waals surface area contributed by atoms with Crippen molar-refractivity contribution in [2.45, 2.75) is 45.7 Å². The van der Waals surface area contributed by atoms with Crippen molar-refractivity contribution in [2.75, 3.05) is 32.7 Å². The van der Waals surface area contributed by atoms with Crippen molar-refractivity contribution >= 4 is 29.9 Å². The highest BCUT2D eigenvalue weighted by atomic mass is 127. The van der Waals surface area contributed by atoms with Gasteiger partial charge in [0.25, 0.3) is 0 Å². The van der Waals surface area contributed by atoms with Crippen LogP contribution >= 0.6 is 24.0 Å². The predicted molar refractivity (Wildman–Crippen MR) is 128 cm³/mol. The number of aromatic nitrogens is 2. The van der Waals surface area contributed by atoms with Crippen LogP contribution < -0.4 is 10.6 Å². The molecule has 0 amide bonds. The van der Waals surface area contributed by atoms with E-state index < -0.39 is 0 Å². The van der Waals surface area contributed by atoms with Crippen molar-refractivity contribution in [1.29, 1.82) is 0 Å². The Hall–Kier alpha value is -1.55. The summed E-state index contributed by atoms with van der Waals surface area (Å²) in [4.78, 5) is 7.32. The summed E-state index contributed by atoms with van der Waals surface area (Å²) in [6.45, 7) is 9.81. The van der Waals surface area contributed by atoms with Crippen molar-refractivity contribution in [3.05, 3.63) is 42.6 Å². The second kappa shape index (κ2) is 12.9. The summed E-state index contributed by atoms with van der Waals surface area (Å²) in [5, 5.41) is 11.2. The fourth-order valence-corrected chi connectivity index (χ4v) is 3.69. The third-order valence-electron chi connectivity index (χ3n) is 5.13. The van der Waals surface area contributed by atoms with Crippen LogP contribution in [-0.4, -0.2) is 53.4 Å². The molecule has 1 aliphatic rings. The minimum atomic E-state index is 0. The molecule has 0 aromatic carbocycles. The molecule has 0 spiro atoms. The summed E-state index contributed by atoms with van der Waals surface area (Å²) >= 11 is 0. The highest BCUT2D eigenvalue weighted by Crippen LogP contribution is 2.24. The van der Waals surface area contributed by atoms with Gasteiger partial charge in [0.1, 0.15) is 5.76 Å². The molecule has 1 aliphatic heterocycles. The summed E-state index contributed by atoms with van der Waals surface area (Å²) in [6, 6.07) is 6.25. The van der Waals surface area contributed by atoms with Crippen LogP contribution in [0.25, 0.3) is 0 Å². The highest BCUT2D eigenvalue weighted by Gasteiger charge is 2.24. The summed E-state index contributed by atoms with van der Waals surface area (Å²) < 4.78 is 7.71. The van der Waals surface area contributed by atoms with E-state index >= 15 is 0 Å². The molecule has 1 saturated heterocycles. The van der Waals surface area contributed by atoms with E-state index in [4.69, 9.17) is 9.41 Å². The normalized spacial score (nSPS) is 17.4. The SMILES string of the molecule is CCNC(=NCC(C)Cn1cccn1)NCC(c1ccco1)N1CCCCC1.I. The van der Waals surface area contributed by atoms with Crippen LogP contribution in [0.2, 0.25) is 0 Å². The Balaban J connectivity index is 0.00000300. The second-order valence-electron chi connectivity index (χ2n) is 7.56. The first-order valence-electron chi connectivity index (χ1n) is 10.5. The van der Waals surface area contributed by atoms with E-state index in [1.807, 2.05) is 29.2 Å². The molecule has 7 nitrogen and oxygen atoms in total. The zero-order valence-electron chi connectivity index (χ0n) is 17.6. The zero-order chi connectivity index (χ0) is 19.6. The van der Waals surface area contributed by atoms with Crippen molar-refractivity contribution in [3.63, 3.8) is 0 Å². The van der Waals surface area contributed by atoms with E-state index in [9.17, 15) is 0 Å². The third-order valence-corrected chi connectivity index (χ3v) is 5.13. The van der Waals surface area contributed by atoms with Gasteiger partial charge in [0.15, 0.2) is 5.96 Å². The van der Waals surface area contributed by atoms with Crippen LogP contribution in [-0.2, 0) is 6.54 Å². The average Bonchev–Trinajstić information content (AvgIpc) is 3.41. The van der Waals surface area contributed by atoms with Crippen LogP contribution in [0.1, 0.15) is 44.9 Å². The maximum atomic E-state index is 5.75. The van der Waals surface area contributed by atoms with Gasteiger partial charge in [-0.1, -0.05) is 13.3 Å². The molecule has 0 bridgehead atoms. The van der Waals surface area contributed by atoms with Crippen LogP contribution in [0.3, 0.4) is 0 Å². The number of aliphatic imine (C=N–C) groups is 1. The standard InChI is InChI=1S/C21H34N6O.HI/c1-3-22-21(23-15-18(2)17-27-13-8-10-25-27)24-16-19(20-9-7-14-28-20)26-11-5-4-6-12-26;/h7-10,13-14,18-19H,3-6,11-12,15-17H2,1-2H3,(H2,22,23,24);1H. The Bertz CT molecular complexity index is 682. The van der Waals surface area contributed by atoms with Gasteiger partial charge >= 0.3 is 0 Å². The maximum Gasteiger partial charge on any atom is 0.191 e. The summed E-state index contributed by atoms with van der Waals surface area (Å²) in [5.74, 6) is 2.30. The molecule has 0 radical (unpaired) electrons. The van der Waals surface area contributed by atoms with Crippen LogP contribution in [0.15, 0.2) is 46.3 Å². The molecular weight excluding hydrogens is 479 g/mol. The van der Waals surface area contributed by atoms with Crippen LogP contribution in [0.4, 0.5) is 0 Å². The van der Waals surface area contributed by atoms with Gasteiger partial charge in [-0.3, -0.25) is 14.6 Å². The maximum absolute atomic E-state index is 5.75. The number of likely N-dealkylation sites (tertiary alicyclic amines) is 1. The summed E-state index contributed by atoms with van der Waals surface area (Å²) in [6.07, 6.45) is 9.43. The fraction of sp³-hybridized carbons (Fsp3) is 0.619. The van der Waals surface area contributed by atoms with E-state index in [1.54, 1.807) is 6.26 Å². The Morgan fingerprint density at radius 1 is 1.24 bits per heavy atom. The molecule has 2 aromatic heterocycles. The Kier molecular flexibility index (Phi) is 10.5. The van der Waals surface area contributed by atoms with Gasteiger partial charge in [-0.25, -0.2) is 0 Å². The number of nitrogens with zero attached hydrogens (tertiary/aromatic N) is 4. The number of hydrogen-bond acceptors (Lipinski definition) is 4. The van der Waals surface area contributed by atoms with Gasteiger partial charge in [-0.15, -0.1) is 24.0 Å². The first-order chi connectivity index (χ1) is 13.8. The smallest absolute Gasteiger partial charge is 0.191 e. The molecule has 0 aliphatic carbocycles. The number of rotatable bonds is 9. The van der Waals surface area contributed by atoms with E-state index in [0.717, 1.165) is 51.0 Å². The lowest BCUT2D eigenvalue weighted by molar-refractivity contribution is 0.146. The number of furan rings is 1. The van der Waals surface area contributed by atoms with Gasteiger partial charge in [0.2, 0.25) is 0 Å². The molecule has 3 heterocycles. The monoisotopic (exact) mass is 514 g/mol. The third kappa shape index (κ3) is 7.65. The lowest BCUT2D eigenvalue weighted by atomic mass is 10.1. The van der Waals surface area contributed by atoms with Crippen molar-refractivity contribution in [2.24, 2.45) is 10.9 Å². The van der Waals surface area contributed by atoms with Crippen molar-refractivity contribution in [1.82, 2.24) is 25.3 Å². The van der Waals surface area contributed by atoms with Gasteiger partial charge in [-0.05, 0) is 57.0 Å². The summed E-state index contributed by atoms with van der Waals surface area (Å²) in [5.41, 5.74) is 0. The molecule has 1 fully saturated rings. The fourth-order valence-electron chi connectivity index (χ4n) is 3.69. The molecule has 3 rings (SSSR count). The minimum absolute atomic E-state index is 0. The molecule has 29 heavy (non-hydrogen) atoms.